The largest absolute Gasteiger partial charge is 0.298 e. The summed E-state index contributed by atoms with van der Waals surface area (Å²) in [6.45, 7) is 0.566. The Bertz CT molecular complexity index is 993. The molecule has 3 aromatic rings. The molecule has 3 aromatic heterocycles. The van der Waals surface area contributed by atoms with Gasteiger partial charge in [0.1, 0.15) is 5.69 Å². The van der Waals surface area contributed by atoms with Gasteiger partial charge in [-0.2, -0.15) is 0 Å². The van der Waals surface area contributed by atoms with Crippen LogP contribution in [0.3, 0.4) is 0 Å². The Labute approximate surface area is 157 Å². The Kier molecular flexibility index (Phi) is 3.97. The number of carbonyl (C=O) groups excluding carboxylic acids is 1. The van der Waals surface area contributed by atoms with Crippen molar-refractivity contribution in [3.8, 4) is 11.4 Å². The van der Waals surface area contributed by atoms with Crippen LogP contribution < -0.4 is 0 Å². The maximum absolute atomic E-state index is 12.6. The van der Waals surface area contributed by atoms with Gasteiger partial charge in [0.25, 0.3) is 0 Å². The van der Waals surface area contributed by atoms with Crippen molar-refractivity contribution < 1.29 is 4.79 Å². The minimum Gasteiger partial charge on any atom is -0.298 e. The summed E-state index contributed by atoms with van der Waals surface area (Å²) in [5.41, 5.74) is 2.32. The van der Waals surface area contributed by atoms with E-state index in [1.165, 1.54) is 25.7 Å². The minimum absolute atomic E-state index is 0.254. The van der Waals surface area contributed by atoms with E-state index in [1.54, 1.807) is 17.1 Å². The summed E-state index contributed by atoms with van der Waals surface area (Å²) >= 11 is 0. The van der Waals surface area contributed by atoms with Gasteiger partial charge in [-0.3, -0.25) is 24.3 Å². The van der Waals surface area contributed by atoms with Gasteiger partial charge in [0.15, 0.2) is 5.78 Å². The first kappa shape index (κ1) is 16.5. The molecule has 0 atom stereocenters. The van der Waals surface area contributed by atoms with Crippen LogP contribution in [0.1, 0.15) is 31.4 Å². The molecule has 27 heavy (non-hydrogen) atoms. The number of rotatable bonds is 5. The van der Waals surface area contributed by atoms with E-state index in [-0.39, 0.29) is 5.78 Å². The van der Waals surface area contributed by atoms with Crippen LogP contribution in [0.5, 0.6) is 0 Å². The summed E-state index contributed by atoms with van der Waals surface area (Å²) in [6.07, 6.45) is 10.8. The van der Waals surface area contributed by atoms with Gasteiger partial charge in [-0.25, -0.2) is 0 Å². The quantitative estimate of drug-likeness (QED) is 0.692. The Hall–Kier alpha value is -2.67. The van der Waals surface area contributed by atoms with Crippen LogP contribution in [-0.2, 0) is 18.3 Å². The number of aryl methyl sites for hydroxylation is 1. The first-order valence-corrected chi connectivity index (χ1v) is 9.54. The third-order valence-corrected chi connectivity index (χ3v) is 5.87. The molecule has 0 spiro atoms. The summed E-state index contributed by atoms with van der Waals surface area (Å²) in [5, 5.41) is 10.1. The van der Waals surface area contributed by atoms with Crippen molar-refractivity contribution in [2.45, 2.75) is 44.2 Å². The molecule has 0 aromatic carbocycles. The lowest BCUT2D eigenvalue weighted by molar-refractivity contribution is -0.119. The average molecular weight is 362 g/mol. The molecule has 0 saturated carbocycles. The summed E-state index contributed by atoms with van der Waals surface area (Å²) in [7, 11) is 1.83. The zero-order chi connectivity index (χ0) is 18.4. The molecule has 0 N–H and O–H groups in total. The molecule has 2 aliphatic heterocycles. The third-order valence-electron chi connectivity index (χ3n) is 5.87. The first-order chi connectivity index (χ1) is 13.2. The fraction of sp³-hybridized carbons (Fsp3) is 0.450. The number of hydrogen-bond donors (Lipinski definition) is 0. The maximum atomic E-state index is 12.6. The highest BCUT2D eigenvalue weighted by Gasteiger charge is 2.39. The zero-order valence-corrected chi connectivity index (χ0v) is 15.4. The molecule has 0 radical (unpaired) electrons. The van der Waals surface area contributed by atoms with Crippen molar-refractivity contribution in [3.63, 3.8) is 0 Å². The normalized spacial score (nSPS) is 22.0. The van der Waals surface area contributed by atoms with Crippen molar-refractivity contribution in [3.05, 3.63) is 36.4 Å². The second-order valence-corrected chi connectivity index (χ2v) is 7.72. The van der Waals surface area contributed by atoms with E-state index in [4.69, 9.17) is 0 Å². The standard InChI is InChI=1S/C20H22N6O/c1-25-12-20(23-24-25)19-7-13-6-15(21-9-14(13)10-22-19)8-18(27)11-26-16-2-3-17(26)5-4-16/h6-7,9-10,12,16-17H,2-5,8,11H2,1H3. The second-order valence-electron chi connectivity index (χ2n) is 7.72. The van der Waals surface area contributed by atoms with Crippen LogP contribution in [-0.4, -0.2) is 54.3 Å². The lowest BCUT2D eigenvalue weighted by atomic mass is 10.0. The molecule has 0 amide bonds. The number of fused-ring (bicyclic) bond motifs is 3. The highest BCUT2D eigenvalue weighted by atomic mass is 16.1. The van der Waals surface area contributed by atoms with Gasteiger partial charge in [0.05, 0.1) is 24.9 Å². The van der Waals surface area contributed by atoms with Gasteiger partial charge < -0.3 is 0 Å². The molecule has 2 fully saturated rings. The number of carbonyl (C=O) groups is 1. The Morgan fingerprint density at radius 1 is 1.04 bits per heavy atom. The molecule has 7 nitrogen and oxygen atoms in total. The topological polar surface area (TPSA) is 76.8 Å². The predicted molar refractivity (Wildman–Crippen MR) is 101 cm³/mol. The molecule has 0 unspecified atom stereocenters. The lowest BCUT2D eigenvalue weighted by Gasteiger charge is -2.20. The molecule has 5 rings (SSSR count). The maximum Gasteiger partial charge on any atom is 0.152 e. The minimum atomic E-state index is 0.254. The molecule has 7 heteroatoms. The lowest BCUT2D eigenvalue weighted by Crippen LogP contribution is -2.34. The summed E-state index contributed by atoms with van der Waals surface area (Å²) in [6, 6.07) is 5.23. The number of nitrogens with zero attached hydrogens (tertiary/aromatic N) is 6. The average Bonchev–Trinajstić information content (AvgIpc) is 3.37. The van der Waals surface area contributed by atoms with E-state index in [2.05, 4.69) is 25.2 Å². The number of hydrogen-bond acceptors (Lipinski definition) is 6. The number of pyridine rings is 2. The molecule has 5 heterocycles. The van der Waals surface area contributed by atoms with Crippen LogP contribution in [0.2, 0.25) is 0 Å². The SMILES string of the molecule is Cn1cc(-c2cc3cc(CC(=O)CN4C5CCC4CC5)ncc3cn2)nn1. The monoisotopic (exact) mass is 362 g/mol. The fourth-order valence-corrected chi connectivity index (χ4v) is 4.52. The van der Waals surface area contributed by atoms with Crippen LogP contribution in [0, 0.1) is 0 Å². The first-order valence-electron chi connectivity index (χ1n) is 9.54. The van der Waals surface area contributed by atoms with Crippen molar-refractivity contribution in [1.29, 1.82) is 0 Å². The summed E-state index contributed by atoms with van der Waals surface area (Å²) in [4.78, 5) is 23.9. The molecule has 2 saturated heterocycles. The van der Waals surface area contributed by atoms with E-state index < -0.39 is 0 Å². The molecule has 2 bridgehead atoms. The van der Waals surface area contributed by atoms with E-state index in [9.17, 15) is 4.79 Å². The fourth-order valence-electron chi connectivity index (χ4n) is 4.52. The van der Waals surface area contributed by atoms with E-state index in [1.807, 2.05) is 25.4 Å². The molecular formula is C20H22N6O. The number of Topliss-reactive ketones (excluding diaryl/α,β-unsaturated/α-hetero) is 1. The zero-order valence-electron chi connectivity index (χ0n) is 15.4. The smallest absolute Gasteiger partial charge is 0.152 e. The van der Waals surface area contributed by atoms with E-state index >= 15 is 0 Å². The van der Waals surface area contributed by atoms with E-state index in [0.717, 1.165) is 27.9 Å². The second kappa shape index (κ2) is 6.49. The van der Waals surface area contributed by atoms with Crippen molar-refractivity contribution in [2.24, 2.45) is 7.05 Å². The van der Waals surface area contributed by atoms with Crippen molar-refractivity contribution in [1.82, 2.24) is 29.9 Å². The summed E-state index contributed by atoms with van der Waals surface area (Å²) in [5.74, 6) is 0.254. The molecule has 0 aliphatic carbocycles. The Morgan fingerprint density at radius 2 is 1.78 bits per heavy atom. The number of ketones is 1. The van der Waals surface area contributed by atoms with Gasteiger partial charge in [0.2, 0.25) is 0 Å². The van der Waals surface area contributed by atoms with Crippen LogP contribution in [0.4, 0.5) is 0 Å². The molecular weight excluding hydrogens is 340 g/mol. The van der Waals surface area contributed by atoms with Gasteiger partial charge >= 0.3 is 0 Å². The number of aromatic nitrogens is 5. The van der Waals surface area contributed by atoms with Crippen LogP contribution in [0.15, 0.2) is 30.7 Å². The Balaban J connectivity index is 1.35. The van der Waals surface area contributed by atoms with Gasteiger partial charge in [-0.05, 0) is 43.2 Å². The van der Waals surface area contributed by atoms with Gasteiger partial charge in [0, 0.05) is 42.6 Å². The molecule has 2 aliphatic rings. The van der Waals surface area contributed by atoms with E-state index in [0.29, 0.717) is 25.0 Å². The highest BCUT2D eigenvalue weighted by Crippen LogP contribution is 2.37. The highest BCUT2D eigenvalue weighted by molar-refractivity contribution is 5.87. The Morgan fingerprint density at radius 3 is 2.48 bits per heavy atom. The predicted octanol–water partition coefficient (Wildman–Crippen LogP) is 2.16. The third kappa shape index (κ3) is 3.12. The van der Waals surface area contributed by atoms with Gasteiger partial charge in [-0.15, -0.1) is 5.10 Å². The van der Waals surface area contributed by atoms with Crippen LogP contribution in [0.25, 0.3) is 22.2 Å². The summed E-state index contributed by atoms with van der Waals surface area (Å²) < 4.78 is 1.66. The molecule has 138 valence electrons. The van der Waals surface area contributed by atoms with Crippen LogP contribution >= 0.6 is 0 Å². The van der Waals surface area contributed by atoms with Crippen molar-refractivity contribution in [2.75, 3.05) is 6.54 Å². The van der Waals surface area contributed by atoms with Gasteiger partial charge in [-0.1, -0.05) is 5.21 Å². The van der Waals surface area contributed by atoms with Crippen molar-refractivity contribution >= 4 is 16.6 Å².